The topological polar surface area (TPSA) is 74.9 Å². The van der Waals surface area contributed by atoms with Crippen LogP contribution in [0.4, 0.5) is 5.69 Å². The van der Waals surface area contributed by atoms with E-state index in [0.29, 0.717) is 30.7 Å². The van der Waals surface area contributed by atoms with Gasteiger partial charge >= 0.3 is 0 Å². The molecule has 35 heavy (non-hydrogen) atoms. The molecule has 1 aliphatic rings. The van der Waals surface area contributed by atoms with Crippen molar-refractivity contribution < 1.29 is 9.59 Å². The van der Waals surface area contributed by atoms with Crippen molar-refractivity contribution in [3.05, 3.63) is 64.8 Å². The van der Waals surface area contributed by atoms with E-state index in [9.17, 15) is 9.59 Å². The zero-order valence-corrected chi connectivity index (χ0v) is 21.1. The smallest absolute Gasteiger partial charge is 0.224 e. The molecule has 182 valence electrons. The predicted molar refractivity (Wildman–Crippen MR) is 140 cm³/mol. The molecule has 1 atom stereocenters. The number of aryl methyl sites for hydroxylation is 1. The van der Waals surface area contributed by atoms with Gasteiger partial charge in [-0.25, -0.2) is 0 Å². The second kappa shape index (κ2) is 10.9. The van der Waals surface area contributed by atoms with Gasteiger partial charge in [-0.1, -0.05) is 32.9 Å². The number of nitrogens with zero attached hydrogens (tertiary/aromatic N) is 2. The van der Waals surface area contributed by atoms with Gasteiger partial charge in [-0.3, -0.25) is 9.59 Å². The third kappa shape index (κ3) is 6.00. The standard InChI is InChI=1S/C30H35N3O2/c1-20(2)19-33-28-7-5-4-6-26(28)27-17-24(12-13-29(27)33)32-30(35)15-21(3)14-25(34)16-22-8-10-23(18-31)11-9-22/h8-13,17,20-21H,4-7,14-16,19H2,1-3H3,(H,32,35). The van der Waals surface area contributed by atoms with Crippen LogP contribution in [0, 0.1) is 23.2 Å². The minimum absolute atomic E-state index is 0.0375. The van der Waals surface area contributed by atoms with Gasteiger partial charge < -0.3 is 9.88 Å². The number of carbonyl (C=O) groups is 2. The van der Waals surface area contributed by atoms with Gasteiger partial charge in [0.25, 0.3) is 0 Å². The molecule has 0 fully saturated rings. The second-order valence-electron chi connectivity index (χ2n) is 10.5. The van der Waals surface area contributed by atoms with Gasteiger partial charge in [0.2, 0.25) is 5.91 Å². The lowest BCUT2D eigenvalue weighted by Gasteiger charge is -2.17. The van der Waals surface area contributed by atoms with Crippen LogP contribution in [-0.2, 0) is 35.4 Å². The molecule has 1 N–H and O–H groups in total. The van der Waals surface area contributed by atoms with Gasteiger partial charge in [-0.05, 0) is 79.0 Å². The Morgan fingerprint density at radius 2 is 1.77 bits per heavy atom. The van der Waals surface area contributed by atoms with Crippen LogP contribution in [0.25, 0.3) is 10.9 Å². The summed E-state index contributed by atoms with van der Waals surface area (Å²) in [6, 6.07) is 15.5. The SMILES string of the molecule is CC(C)Cn1c2c(c3cc(NC(=O)CC(C)CC(=O)Cc4ccc(C#N)cc4)ccc31)CCCC2. The first kappa shape index (κ1) is 24.7. The maximum Gasteiger partial charge on any atom is 0.224 e. The lowest BCUT2D eigenvalue weighted by atomic mass is 9.95. The van der Waals surface area contributed by atoms with Crippen molar-refractivity contribution in [3.63, 3.8) is 0 Å². The third-order valence-electron chi connectivity index (χ3n) is 6.80. The quantitative estimate of drug-likeness (QED) is 0.404. The summed E-state index contributed by atoms with van der Waals surface area (Å²) in [7, 11) is 0. The summed E-state index contributed by atoms with van der Waals surface area (Å²) < 4.78 is 2.49. The number of hydrogen-bond donors (Lipinski definition) is 1. The Morgan fingerprint density at radius 3 is 2.49 bits per heavy atom. The molecule has 1 aliphatic carbocycles. The summed E-state index contributed by atoms with van der Waals surface area (Å²) >= 11 is 0. The molecule has 0 radical (unpaired) electrons. The molecule has 0 saturated heterocycles. The van der Waals surface area contributed by atoms with Gasteiger partial charge in [-0.2, -0.15) is 5.26 Å². The highest BCUT2D eigenvalue weighted by atomic mass is 16.1. The lowest BCUT2D eigenvalue weighted by molar-refractivity contribution is -0.120. The Morgan fingerprint density at radius 1 is 1.03 bits per heavy atom. The molecule has 0 bridgehead atoms. The van der Waals surface area contributed by atoms with Crippen LogP contribution < -0.4 is 5.32 Å². The number of ketones is 1. The number of amides is 1. The predicted octanol–water partition coefficient (Wildman–Crippen LogP) is 6.21. The van der Waals surface area contributed by atoms with Crippen molar-refractivity contribution in [2.24, 2.45) is 11.8 Å². The first-order valence-corrected chi connectivity index (χ1v) is 12.8. The molecule has 1 aromatic heterocycles. The number of hydrogen-bond acceptors (Lipinski definition) is 3. The number of aromatic nitrogens is 1. The molecule has 0 saturated carbocycles. The minimum Gasteiger partial charge on any atom is -0.344 e. The normalized spacial score (nSPS) is 13.9. The average Bonchev–Trinajstić information content (AvgIpc) is 3.12. The maximum atomic E-state index is 12.8. The van der Waals surface area contributed by atoms with Gasteiger partial charge in [0.05, 0.1) is 11.6 Å². The first-order chi connectivity index (χ1) is 16.8. The summed E-state index contributed by atoms with van der Waals surface area (Å²) in [6.45, 7) is 7.48. The Kier molecular flexibility index (Phi) is 7.70. The summed E-state index contributed by atoms with van der Waals surface area (Å²) in [5.74, 6) is 0.592. The largest absolute Gasteiger partial charge is 0.344 e. The third-order valence-corrected chi connectivity index (χ3v) is 6.80. The average molecular weight is 470 g/mol. The van der Waals surface area contributed by atoms with E-state index in [-0.39, 0.29) is 17.6 Å². The summed E-state index contributed by atoms with van der Waals surface area (Å²) in [4.78, 5) is 25.2. The van der Waals surface area contributed by atoms with Crippen LogP contribution in [-0.4, -0.2) is 16.3 Å². The van der Waals surface area contributed by atoms with Gasteiger partial charge in [-0.15, -0.1) is 0 Å². The summed E-state index contributed by atoms with van der Waals surface area (Å²) in [6.07, 6.45) is 5.69. The summed E-state index contributed by atoms with van der Waals surface area (Å²) in [5.41, 5.74) is 6.50. The van der Waals surface area contributed by atoms with Crippen LogP contribution >= 0.6 is 0 Å². The lowest BCUT2D eigenvalue weighted by Crippen LogP contribution is -2.17. The van der Waals surface area contributed by atoms with Crippen molar-refractivity contribution in [3.8, 4) is 6.07 Å². The number of nitrogens with one attached hydrogen (secondary N) is 1. The summed E-state index contributed by atoms with van der Waals surface area (Å²) in [5, 5.41) is 13.2. The highest BCUT2D eigenvalue weighted by Gasteiger charge is 2.21. The number of fused-ring (bicyclic) bond motifs is 3. The molecular formula is C30H35N3O2. The highest BCUT2D eigenvalue weighted by molar-refractivity contribution is 5.95. The van der Waals surface area contributed by atoms with Crippen LogP contribution in [0.5, 0.6) is 0 Å². The van der Waals surface area contributed by atoms with E-state index < -0.39 is 0 Å². The second-order valence-corrected chi connectivity index (χ2v) is 10.5. The number of carbonyl (C=O) groups excluding carboxylic acids is 2. The number of benzene rings is 2. The molecule has 4 rings (SSSR count). The molecule has 5 heteroatoms. The zero-order valence-electron chi connectivity index (χ0n) is 21.1. The molecule has 3 aromatic rings. The monoisotopic (exact) mass is 469 g/mol. The molecule has 1 heterocycles. The van der Waals surface area contributed by atoms with Crippen molar-refractivity contribution in [2.75, 3.05) is 5.32 Å². The van der Waals surface area contributed by atoms with Crippen LogP contribution in [0.15, 0.2) is 42.5 Å². The molecule has 1 amide bonds. The Balaban J connectivity index is 1.38. The molecule has 5 nitrogen and oxygen atoms in total. The van der Waals surface area contributed by atoms with Gasteiger partial charge in [0.15, 0.2) is 0 Å². The number of rotatable bonds is 9. The van der Waals surface area contributed by atoms with Crippen molar-refractivity contribution >= 4 is 28.3 Å². The van der Waals surface area contributed by atoms with Crippen molar-refractivity contribution in [1.29, 1.82) is 5.26 Å². The number of nitriles is 1. The van der Waals surface area contributed by atoms with E-state index in [1.165, 1.54) is 35.0 Å². The van der Waals surface area contributed by atoms with E-state index in [1.807, 2.05) is 25.1 Å². The van der Waals surface area contributed by atoms with E-state index in [4.69, 9.17) is 5.26 Å². The van der Waals surface area contributed by atoms with Crippen molar-refractivity contribution in [1.82, 2.24) is 4.57 Å². The van der Waals surface area contributed by atoms with Gasteiger partial charge in [0.1, 0.15) is 5.78 Å². The Bertz CT molecular complexity index is 1260. The Hall–Kier alpha value is -3.39. The highest BCUT2D eigenvalue weighted by Crippen LogP contribution is 2.34. The Labute approximate surface area is 208 Å². The molecule has 0 spiro atoms. The molecule has 0 aliphatic heterocycles. The first-order valence-electron chi connectivity index (χ1n) is 12.8. The van der Waals surface area contributed by atoms with Crippen molar-refractivity contribution in [2.45, 2.75) is 72.3 Å². The fourth-order valence-corrected chi connectivity index (χ4v) is 5.27. The van der Waals surface area contributed by atoms with E-state index in [2.05, 4.69) is 41.9 Å². The molecule has 1 unspecified atom stereocenters. The van der Waals surface area contributed by atoms with E-state index in [1.54, 1.807) is 12.1 Å². The number of Topliss-reactive ketones (excluding diaryl/α,β-unsaturated/α-hetero) is 1. The fraction of sp³-hybridized carbons (Fsp3) is 0.433. The molecule has 2 aromatic carbocycles. The molecular weight excluding hydrogens is 434 g/mol. The van der Waals surface area contributed by atoms with Gasteiger partial charge in [0, 0.05) is 48.1 Å². The van der Waals surface area contributed by atoms with Crippen LogP contribution in [0.1, 0.15) is 68.8 Å². The van der Waals surface area contributed by atoms with Crippen LogP contribution in [0.3, 0.4) is 0 Å². The van der Waals surface area contributed by atoms with E-state index in [0.717, 1.165) is 30.6 Å². The van der Waals surface area contributed by atoms with E-state index >= 15 is 0 Å². The fourth-order valence-electron chi connectivity index (χ4n) is 5.27. The maximum absolute atomic E-state index is 12.8. The van der Waals surface area contributed by atoms with Crippen LogP contribution in [0.2, 0.25) is 0 Å². The zero-order chi connectivity index (χ0) is 24.9. The minimum atomic E-state index is -0.0569. The number of anilines is 1.